The molecule has 6 heteroatoms. The molecule has 1 aliphatic heterocycles. The van der Waals surface area contributed by atoms with E-state index < -0.39 is 0 Å². The number of hydrogen-bond donors (Lipinski definition) is 1. The molecule has 0 bridgehead atoms. The second kappa shape index (κ2) is 7.68. The molecular weight excluding hydrogens is 418 g/mol. The first-order valence-corrected chi connectivity index (χ1v) is 12.7. The Bertz CT molecular complexity index is 1030. The molecule has 2 aliphatic carbocycles. The van der Waals surface area contributed by atoms with Gasteiger partial charge in [-0.15, -0.1) is 11.3 Å². The molecule has 2 fully saturated rings. The highest BCUT2D eigenvalue weighted by Gasteiger charge is 2.68. The summed E-state index contributed by atoms with van der Waals surface area (Å²) in [6.45, 7) is 10.4. The molecule has 3 aliphatic rings. The van der Waals surface area contributed by atoms with E-state index in [0.717, 1.165) is 43.8 Å². The molecule has 5 rings (SSSR count). The number of benzene rings is 1. The van der Waals surface area contributed by atoms with E-state index in [2.05, 4.69) is 56.1 Å². The number of hydrogen-bond acceptors (Lipinski definition) is 4. The van der Waals surface area contributed by atoms with Crippen LogP contribution < -0.4 is 5.32 Å². The van der Waals surface area contributed by atoms with E-state index >= 15 is 0 Å². The molecule has 1 atom stereocenters. The zero-order valence-corrected chi connectivity index (χ0v) is 20.3. The minimum atomic E-state index is -0.0833. The summed E-state index contributed by atoms with van der Waals surface area (Å²) >= 11 is 1.58. The van der Waals surface area contributed by atoms with E-state index in [1.165, 1.54) is 11.1 Å². The zero-order chi connectivity index (χ0) is 22.7. The van der Waals surface area contributed by atoms with Crippen molar-refractivity contribution >= 4 is 23.2 Å². The fourth-order valence-electron chi connectivity index (χ4n) is 5.86. The maximum atomic E-state index is 13.0. The number of amides is 2. The van der Waals surface area contributed by atoms with Crippen molar-refractivity contribution in [2.24, 2.45) is 16.7 Å². The van der Waals surface area contributed by atoms with Gasteiger partial charge in [0, 0.05) is 30.3 Å². The van der Waals surface area contributed by atoms with E-state index in [9.17, 15) is 9.59 Å². The molecule has 1 saturated heterocycles. The number of fused-ring (bicyclic) bond motifs is 1. The second-order valence-corrected chi connectivity index (χ2v) is 11.7. The number of nitrogens with zero attached hydrogens (tertiary/aromatic N) is 2. The van der Waals surface area contributed by atoms with Crippen molar-refractivity contribution in [2.45, 2.75) is 65.3 Å². The number of likely N-dealkylation sites (tertiary alicyclic amines) is 1. The van der Waals surface area contributed by atoms with Crippen LogP contribution in [0.1, 0.15) is 85.5 Å². The van der Waals surface area contributed by atoms with Crippen LogP contribution in [0.4, 0.5) is 0 Å². The lowest BCUT2D eigenvalue weighted by molar-refractivity contribution is -0.134. The highest BCUT2D eigenvalue weighted by molar-refractivity contribution is 7.09. The van der Waals surface area contributed by atoms with Crippen molar-refractivity contribution in [3.63, 3.8) is 0 Å². The molecule has 0 radical (unpaired) electrons. The number of thiazole rings is 1. The SMILES string of the molecule is CC1(C)C(C(=O)N2CCC(c3nc(C(=O)NC4CCc5ccccc54)cs3)CC2)C1(C)C. The van der Waals surface area contributed by atoms with Crippen LogP contribution >= 0.6 is 11.3 Å². The smallest absolute Gasteiger partial charge is 0.271 e. The first-order valence-electron chi connectivity index (χ1n) is 11.8. The van der Waals surface area contributed by atoms with Gasteiger partial charge in [-0.1, -0.05) is 52.0 Å². The van der Waals surface area contributed by atoms with Gasteiger partial charge in [0.2, 0.25) is 5.91 Å². The van der Waals surface area contributed by atoms with Gasteiger partial charge in [-0.3, -0.25) is 9.59 Å². The van der Waals surface area contributed by atoms with Crippen LogP contribution in [0.3, 0.4) is 0 Å². The zero-order valence-electron chi connectivity index (χ0n) is 19.5. The molecule has 1 aromatic heterocycles. The van der Waals surface area contributed by atoms with E-state index in [1.807, 2.05) is 11.4 Å². The van der Waals surface area contributed by atoms with Crippen LogP contribution in [0.5, 0.6) is 0 Å². The minimum Gasteiger partial charge on any atom is -0.344 e. The van der Waals surface area contributed by atoms with Gasteiger partial charge in [0.05, 0.1) is 11.0 Å². The maximum absolute atomic E-state index is 13.0. The van der Waals surface area contributed by atoms with Crippen LogP contribution in [0.25, 0.3) is 0 Å². The maximum Gasteiger partial charge on any atom is 0.271 e. The lowest BCUT2D eigenvalue weighted by atomic mass is 9.96. The number of aryl methyl sites for hydroxylation is 1. The van der Waals surface area contributed by atoms with Crippen LogP contribution in [-0.4, -0.2) is 34.8 Å². The number of carbonyl (C=O) groups excluding carboxylic acids is 2. The normalized spacial score (nSPS) is 24.2. The number of nitrogens with one attached hydrogen (secondary N) is 1. The van der Waals surface area contributed by atoms with Crippen molar-refractivity contribution in [3.05, 3.63) is 51.5 Å². The van der Waals surface area contributed by atoms with E-state index in [1.54, 1.807) is 11.3 Å². The summed E-state index contributed by atoms with van der Waals surface area (Å²) in [5.41, 5.74) is 3.25. The Kier molecular flexibility index (Phi) is 5.19. The van der Waals surface area contributed by atoms with Crippen LogP contribution in [-0.2, 0) is 11.2 Å². The Hall–Kier alpha value is -2.21. The van der Waals surface area contributed by atoms with Gasteiger partial charge < -0.3 is 10.2 Å². The average Bonchev–Trinajstić information content (AvgIpc) is 3.24. The summed E-state index contributed by atoms with van der Waals surface area (Å²) in [7, 11) is 0. The summed E-state index contributed by atoms with van der Waals surface area (Å²) in [4.78, 5) is 32.6. The van der Waals surface area contributed by atoms with Crippen LogP contribution in [0, 0.1) is 16.7 Å². The molecule has 1 aromatic carbocycles. The predicted molar refractivity (Wildman–Crippen MR) is 127 cm³/mol. The predicted octanol–water partition coefficient (Wildman–Crippen LogP) is 4.95. The third-order valence-corrected chi connectivity index (χ3v) is 9.62. The third-order valence-electron chi connectivity index (χ3n) is 8.62. The molecule has 1 N–H and O–H groups in total. The van der Waals surface area contributed by atoms with Crippen LogP contribution in [0.15, 0.2) is 29.6 Å². The molecule has 2 amide bonds. The highest BCUT2D eigenvalue weighted by atomic mass is 32.1. The first kappa shape index (κ1) is 21.6. The van der Waals surface area contributed by atoms with Crippen LogP contribution in [0.2, 0.25) is 0 Å². The molecule has 0 spiro atoms. The topological polar surface area (TPSA) is 62.3 Å². The number of carbonyl (C=O) groups is 2. The fourth-order valence-corrected chi connectivity index (χ4v) is 6.83. The van der Waals surface area contributed by atoms with Gasteiger partial charge in [0.25, 0.3) is 5.91 Å². The van der Waals surface area contributed by atoms with Gasteiger partial charge in [-0.2, -0.15) is 0 Å². The molecule has 170 valence electrons. The molecule has 5 nitrogen and oxygen atoms in total. The van der Waals surface area contributed by atoms with Gasteiger partial charge >= 0.3 is 0 Å². The Balaban J connectivity index is 1.17. The Morgan fingerprint density at radius 1 is 1.06 bits per heavy atom. The standard InChI is InChI=1S/C26H33N3O2S/c1-25(2)21(26(25,3)4)24(31)29-13-11-17(12-14-29)23-28-20(15-32-23)22(30)27-19-10-9-16-7-5-6-8-18(16)19/h5-8,15,17,19,21H,9-14H2,1-4H3,(H,27,30). The average molecular weight is 452 g/mol. The molecule has 2 aromatic rings. The quantitative estimate of drug-likeness (QED) is 0.716. The Morgan fingerprint density at radius 3 is 2.44 bits per heavy atom. The van der Waals surface area contributed by atoms with Gasteiger partial charge in [0.15, 0.2) is 0 Å². The number of aromatic nitrogens is 1. The number of piperidine rings is 1. The first-order chi connectivity index (χ1) is 15.2. The summed E-state index contributed by atoms with van der Waals surface area (Å²) in [6, 6.07) is 8.42. The monoisotopic (exact) mass is 451 g/mol. The molecule has 1 unspecified atom stereocenters. The minimum absolute atomic E-state index is 0.0778. The lowest BCUT2D eigenvalue weighted by Gasteiger charge is -2.31. The highest BCUT2D eigenvalue weighted by Crippen LogP contribution is 2.68. The van der Waals surface area contributed by atoms with E-state index in [-0.39, 0.29) is 28.7 Å². The van der Waals surface area contributed by atoms with Crippen molar-refractivity contribution in [1.29, 1.82) is 0 Å². The Morgan fingerprint density at radius 2 is 1.75 bits per heavy atom. The molecule has 1 saturated carbocycles. The number of rotatable bonds is 4. The summed E-state index contributed by atoms with van der Waals surface area (Å²) < 4.78 is 0. The van der Waals surface area contributed by atoms with Gasteiger partial charge in [-0.05, 0) is 47.6 Å². The summed E-state index contributed by atoms with van der Waals surface area (Å²) in [5, 5.41) is 6.09. The van der Waals surface area contributed by atoms with E-state index in [0.29, 0.717) is 17.5 Å². The second-order valence-electron chi connectivity index (χ2n) is 10.8. The molecule has 32 heavy (non-hydrogen) atoms. The molecular formula is C26H33N3O2S. The fraction of sp³-hybridized carbons (Fsp3) is 0.577. The summed E-state index contributed by atoms with van der Waals surface area (Å²) in [5.74, 6) is 0.690. The van der Waals surface area contributed by atoms with Crippen molar-refractivity contribution in [3.8, 4) is 0 Å². The largest absolute Gasteiger partial charge is 0.344 e. The van der Waals surface area contributed by atoms with Crippen molar-refractivity contribution in [1.82, 2.24) is 15.2 Å². The summed E-state index contributed by atoms with van der Waals surface area (Å²) in [6.07, 6.45) is 3.80. The Labute approximate surface area is 194 Å². The van der Waals surface area contributed by atoms with Crippen molar-refractivity contribution < 1.29 is 9.59 Å². The third kappa shape index (κ3) is 3.47. The van der Waals surface area contributed by atoms with Gasteiger partial charge in [-0.25, -0.2) is 4.98 Å². The van der Waals surface area contributed by atoms with Crippen molar-refractivity contribution in [2.75, 3.05) is 13.1 Å². The van der Waals surface area contributed by atoms with Gasteiger partial charge in [0.1, 0.15) is 5.69 Å². The van der Waals surface area contributed by atoms with E-state index in [4.69, 9.17) is 4.98 Å². The molecule has 2 heterocycles. The lowest BCUT2D eigenvalue weighted by Crippen LogP contribution is -2.40.